The maximum Gasteiger partial charge on any atom is 2.00 e. The van der Waals surface area contributed by atoms with Crippen LogP contribution in [0.25, 0.3) is 0 Å². The molecule has 2 heteroatoms. The molecule has 0 amide bonds. The molecule has 76 valence electrons. The van der Waals surface area contributed by atoms with Gasteiger partial charge in [0.1, 0.15) is 0 Å². The molecule has 0 aromatic carbocycles. The quantitative estimate of drug-likeness (QED) is 0.492. The Morgan fingerprint density at radius 2 is 1.62 bits per heavy atom. The van der Waals surface area contributed by atoms with Crippen LogP contribution in [0.2, 0.25) is 13.1 Å². The average molecular weight is 211 g/mol. The average Bonchev–Trinajstić information content (AvgIpc) is 1.99. The maximum absolute atomic E-state index is 3.99. The summed E-state index contributed by atoms with van der Waals surface area (Å²) in [5.41, 5.74) is 0. The molecule has 0 spiro atoms. The topological polar surface area (TPSA) is 0 Å². The molecule has 0 rings (SSSR count). The third-order valence-corrected chi connectivity index (χ3v) is 1.54. The summed E-state index contributed by atoms with van der Waals surface area (Å²) < 4.78 is 0. The fourth-order valence-corrected chi connectivity index (χ4v) is 0.697. The van der Waals surface area contributed by atoms with Crippen molar-refractivity contribution in [3.05, 3.63) is 13.5 Å². The van der Waals surface area contributed by atoms with Crippen LogP contribution in [0.1, 0.15) is 39.5 Å². The molecule has 1 atom stereocenters. The van der Waals surface area contributed by atoms with Crippen LogP contribution in [0.5, 0.6) is 0 Å². The van der Waals surface area contributed by atoms with E-state index in [2.05, 4.69) is 40.4 Å². The van der Waals surface area contributed by atoms with Gasteiger partial charge in [0.05, 0.1) is 0 Å². The Kier molecular flexibility index (Phi) is 23.2. The minimum Gasteiger partial charge on any atom is -0.345 e. The van der Waals surface area contributed by atoms with Crippen molar-refractivity contribution < 1.29 is 0 Å². The Hall–Kier alpha value is 0.983. The summed E-state index contributed by atoms with van der Waals surface area (Å²) in [5.74, 6) is 0.704. The van der Waals surface area contributed by atoms with E-state index in [1.54, 1.807) is 0 Å². The summed E-state index contributed by atoms with van der Waals surface area (Å²) in [4.78, 5) is 0. The second-order valence-electron chi connectivity index (χ2n) is 3.81. The Labute approximate surface area is 104 Å². The Balaban J connectivity index is -0.000000173. The Morgan fingerprint density at radius 1 is 1.23 bits per heavy atom. The number of hydrogen-bond acceptors (Lipinski definition) is 0. The van der Waals surface area contributed by atoms with Gasteiger partial charge in [-0.3, -0.25) is 0 Å². The van der Waals surface area contributed by atoms with E-state index in [0.717, 1.165) is 0 Å². The first-order valence-corrected chi connectivity index (χ1v) is 8.33. The van der Waals surface area contributed by atoms with E-state index in [4.69, 9.17) is 0 Å². The van der Waals surface area contributed by atoms with E-state index >= 15 is 0 Å². The third kappa shape index (κ3) is 32.1. The van der Waals surface area contributed by atoms with E-state index in [9.17, 15) is 0 Å². The summed E-state index contributed by atoms with van der Waals surface area (Å²) in [5, 5.41) is 0. The zero-order chi connectivity index (χ0) is 9.98. The molecule has 0 bridgehead atoms. The van der Waals surface area contributed by atoms with Crippen molar-refractivity contribution in [2.45, 2.75) is 52.6 Å². The van der Waals surface area contributed by atoms with Crippen LogP contribution in [0.15, 0.2) is 0 Å². The molecule has 0 aromatic heterocycles. The molecule has 0 aliphatic rings. The first kappa shape index (κ1) is 19.5. The van der Waals surface area contributed by atoms with E-state index in [1.807, 2.05) is 0 Å². The second-order valence-corrected chi connectivity index (χ2v) is 6.60. The van der Waals surface area contributed by atoms with Crippen LogP contribution in [0.3, 0.4) is 0 Å². The summed E-state index contributed by atoms with van der Waals surface area (Å²) in [6.07, 6.45) is 5.21. The van der Waals surface area contributed by atoms with E-state index in [-0.39, 0.29) is 31.8 Å². The van der Waals surface area contributed by atoms with Crippen LogP contribution >= 0.6 is 0 Å². The molecule has 0 N–H and O–H groups in total. The molecular weight excluding hydrogens is 185 g/mol. The Bertz CT molecular complexity index is 71.7. The van der Waals surface area contributed by atoms with Gasteiger partial charge in [0, 0.05) is 0 Å². The van der Waals surface area contributed by atoms with Crippen molar-refractivity contribution in [3.63, 3.8) is 0 Å². The van der Waals surface area contributed by atoms with Gasteiger partial charge >= 0.3 is 23.1 Å². The molecule has 0 heterocycles. The molecule has 0 aliphatic carbocycles. The van der Waals surface area contributed by atoms with Gasteiger partial charge in [-0.15, -0.1) is 8.80 Å². The maximum atomic E-state index is 3.99. The minimum atomic E-state index is -0.389. The van der Waals surface area contributed by atoms with Crippen molar-refractivity contribution in [1.29, 1.82) is 0 Å². The van der Waals surface area contributed by atoms with Gasteiger partial charge in [-0.1, -0.05) is 52.6 Å². The second kappa shape index (κ2) is 15.5. The van der Waals surface area contributed by atoms with Gasteiger partial charge in [-0.05, 0) is 0 Å². The van der Waals surface area contributed by atoms with Crippen LogP contribution in [-0.2, 0) is 0 Å². The number of hydrogen-bond donors (Lipinski definition) is 0. The zero-order valence-electron chi connectivity index (χ0n) is 10.1. The SMILES string of the molecule is [CH2-]C(CC)CCCC.[CH2-][SiH](C)C.[Mg+2]. The van der Waals surface area contributed by atoms with Crippen molar-refractivity contribution in [2.75, 3.05) is 0 Å². The minimum absolute atomic E-state index is 0. The first-order chi connectivity index (χ1) is 5.54. The van der Waals surface area contributed by atoms with Gasteiger partial charge < -0.3 is 13.5 Å². The molecule has 1 unspecified atom stereocenters. The number of unbranched alkanes of at least 4 members (excludes halogenated alkanes) is 1. The van der Waals surface area contributed by atoms with E-state index in [1.165, 1.54) is 25.7 Å². The van der Waals surface area contributed by atoms with Gasteiger partial charge in [0.2, 0.25) is 0 Å². The van der Waals surface area contributed by atoms with Gasteiger partial charge in [-0.25, -0.2) is 0 Å². The smallest absolute Gasteiger partial charge is 0.345 e. The molecule has 13 heavy (non-hydrogen) atoms. The van der Waals surface area contributed by atoms with Gasteiger partial charge in [-0.2, -0.15) is 5.92 Å². The fourth-order valence-electron chi connectivity index (χ4n) is 0.697. The fraction of sp³-hybridized carbons (Fsp3) is 0.818. The van der Waals surface area contributed by atoms with Crippen molar-refractivity contribution in [1.82, 2.24) is 0 Å². The molecular formula is C11H26MgSi. The molecule has 0 saturated carbocycles. The summed E-state index contributed by atoms with van der Waals surface area (Å²) in [7, 11) is -0.389. The number of rotatable bonds is 4. The summed E-state index contributed by atoms with van der Waals surface area (Å²) in [6, 6.07) is 0. The van der Waals surface area contributed by atoms with Crippen molar-refractivity contribution >= 4 is 31.8 Å². The normalized spacial score (nSPS) is 11.3. The van der Waals surface area contributed by atoms with Gasteiger partial charge in [0.15, 0.2) is 0 Å². The molecule has 0 fully saturated rings. The molecule has 0 nitrogen and oxygen atoms in total. The van der Waals surface area contributed by atoms with Crippen molar-refractivity contribution in [2.24, 2.45) is 5.92 Å². The third-order valence-electron chi connectivity index (χ3n) is 1.54. The zero-order valence-corrected chi connectivity index (χ0v) is 12.7. The Morgan fingerprint density at radius 3 is 1.85 bits per heavy atom. The molecule has 0 radical (unpaired) electrons. The van der Waals surface area contributed by atoms with Crippen LogP contribution in [0, 0.1) is 19.4 Å². The monoisotopic (exact) mass is 210 g/mol. The van der Waals surface area contributed by atoms with Gasteiger partial charge in [0.25, 0.3) is 0 Å². The standard InChI is InChI=1S/C8H17.C3H9Si.Mg/c1-4-6-7-8(3)5-2;1-4(2)3;/h8H,3-7H2,1-2H3;4H,1H2,2-3H3;/q2*-1;+2. The predicted molar refractivity (Wildman–Crippen MR) is 68.7 cm³/mol. The van der Waals surface area contributed by atoms with Crippen LogP contribution in [-0.4, -0.2) is 31.8 Å². The van der Waals surface area contributed by atoms with Crippen LogP contribution < -0.4 is 0 Å². The van der Waals surface area contributed by atoms with Crippen molar-refractivity contribution in [3.8, 4) is 0 Å². The largest absolute Gasteiger partial charge is 2.00 e. The molecule has 0 saturated heterocycles. The summed E-state index contributed by atoms with van der Waals surface area (Å²) >= 11 is 0. The van der Waals surface area contributed by atoms with Crippen LogP contribution in [0.4, 0.5) is 0 Å². The van der Waals surface area contributed by atoms with E-state index < -0.39 is 0 Å². The molecule has 0 aliphatic heterocycles. The predicted octanol–water partition coefficient (Wildman–Crippen LogP) is 3.50. The van der Waals surface area contributed by atoms with E-state index in [0.29, 0.717) is 5.92 Å². The molecule has 0 aromatic rings. The first-order valence-electron chi connectivity index (χ1n) is 5.20. The summed E-state index contributed by atoms with van der Waals surface area (Å²) in [6.45, 7) is 16.6.